The van der Waals surface area contributed by atoms with Crippen LogP contribution in [0.5, 0.6) is 0 Å². The van der Waals surface area contributed by atoms with Gasteiger partial charge in [0.25, 0.3) is 0 Å². The molecular weight excluding hydrogens is 180 g/mol. The zero-order chi connectivity index (χ0) is 9.19. The topological polar surface area (TPSA) is 90.9 Å². The lowest BCUT2D eigenvalue weighted by atomic mass is 10.7. The number of nitrogens with zero attached hydrogens (tertiary/aromatic N) is 3. The molecule has 7 heteroatoms. The Labute approximate surface area is 70.3 Å². The molecule has 0 fully saturated rings. The van der Waals surface area contributed by atoms with Crippen LogP contribution in [-0.2, 0) is 16.4 Å². The van der Waals surface area contributed by atoms with Crippen LogP contribution in [0.1, 0.15) is 0 Å². The zero-order valence-corrected chi connectivity index (χ0v) is 7.45. The normalized spacial score (nSPS) is 11.8. The van der Waals surface area contributed by atoms with Crippen molar-refractivity contribution in [2.75, 3.05) is 17.7 Å². The van der Waals surface area contributed by atoms with E-state index in [-0.39, 0.29) is 5.75 Å². The van der Waals surface area contributed by atoms with Crippen LogP contribution in [0.4, 0.5) is 5.82 Å². The molecule has 0 aliphatic heterocycles. The second kappa shape index (κ2) is 3.10. The number of sulfone groups is 1. The first-order valence-corrected chi connectivity index (χ1v) is 5.37. The van der Waals surface area contributed by atoms with Crippen molar-refractivity contribution in [3.8, 4) is 0 Å². The van der Waals surface area contributed by atoms with E-state index in [9.17, 15) is 8.42 Å². The number of anilines is 1. The fourth-order valence-corrected chi connectivity index (χ4v) is 1.20. The van der Waals surface area contributed by atoms with E-state index < -0.39 is 9.84 Å². The van der Waals surface area contributed by atoms with Gasteiger partial charge in [-0.3, -0.25) is 0 Å². The van der Waals surface area contributed by atoms with E-state index >= 15 is 0 Å². The highest BCUT2D eigenvalue weighted by Crippen LogP contribution is 1.93. The summed E-state index contributed by atoms with van der Waals surface area (Å²) in [7, 11) is -2.94. The Morgan fingerprint density at radius 2 is 2.33 bits per heavy atom. The average Bonchev–Trinajstić information content (AvgIpc) is 2.30. The smallest absolute Gasteiger partial charge is 0.165 e. The highest BCUT2D eigenvalue weighted by molar-refractivity contribution is 7.90. The standard InChI is InChI=1S/C5H10N4O2S/c1-12(10,11)3-2-9-4-5(6)7-8-9/h4H,2-3,6H2,1H3. The summed E-state index contributed by atoms with van der Waals surface area (Å²) in [6.07, 6.45) is 2.67. The first-order chi connectivity index (χ1) is 5.47. The van der Waals surface area contributed by atoms with Crippen molar-refractivity contribution >= 4 is 15.7 Å². The Kier molecular flexibility index (Phi) is 2.32. The molecule has 68 valence electrons. The first kappa shape index (κ1) is 8.98. The van der Waals surface area contributed by atoms with E-state index in [1.807, 2.05) is 0 Å². The van der Waals surface area contributed by atoms with E-state index in [0.29, 0.717) is 12.4 Å². The minimum Gasteiger partial charge on any atom is -0.381 e. The van der Waals surface area contributed by atoms with Crippen LogP contribution in [0.25, 0.3) is 0 Å². The van der Waals surface area contributed by atoms with Gasteiger partial charge in [-0.25, -0.2) is 13.1 Å². The minimum absolute atomic E-state index is 0.0514. The Morgan fingerprint density at radius 1 is 1.67 bits per heavy atom. The summed E-state index contributed by atoms with van der Waals surface area (Å²) >= 11 is 0. The predicted octanol–water partition coefficient (Wildman–Crippen LogP) is -1.10. The van der Waals surface area contributed by atoms with Crippen molar-refractivity contribution < 1.29 is 8.42 Å². The van der Waals surface area contributed by atoms with E-state index in [1.54, 1.807) is 0 Å². The lowest BCUT2D eigenvalue weighted by molar-refractivity contribution is 0.579. The number of aryl methyl sites for hydroxylation is 1. The number of aromatic nitrogens is 3. The maximum atomic E-state index is 10.7. The molecule has 0 bridgehead atoms. The van der Waals surface area contributed by atoms with Crippen molar-refractivity contribution in [3.63, 3.8) is 0 Å². The van der Waals surface area contributed by atoms with Gasteiger partial charge in [0.15, 0.2) is 5.82 Å². The molecule has 1 rings (SSSR count). The Morgan fingerprint density at radius 3 is 2.75 bits per heavy atom. The summed E-state index contributed by atoms with van der Waals surface area (Å²) < 4.78 is 22.8. The summed E-state index contributed by atoms with van der Waals surface area (Å²) in [5, 5.41) is 7.11. The number of rotatable bonds is 3. The second-order valence-corrected chi connectivity index (χ2v) is 4.80. The van der Waals surface area contributed by atoms with Crippen molar-refractivity contribution in [2.24, 2.45) is 0 Å². The van der Waals surface area contributed by atoms with Gasteiger partial charge in [0.05, 0.1) is 18.5 Å². The third kappa shape index (κ3) is 2.87. The van der Waals surface area contributed by atoms with E-state index in [0.717, 1.165) is 0 Å². The van der Waals surface area contributed by atoms with Gasteiger partial charge in [0, 0.05) is 6.26 Å². The van der Waals surface area contributed by atoms with Gasteiger partial charge >= 0.3 is 0 Å². The molecule has 0 atom stereocenters. The minimum atomic E-state index is -2.94. The van der Waals surface area contributed by atoms with Gasteiger partial charge in [0.2, 0.25) is 0 Å². The quantitative estimate of drug-likeness (QED) is 0.653. The maximum absolute atomic E-state index is 10.7. The molecule has 12 heavy (non-hydrogen) atoms. The Balaban J connectivity index is 2.55. The lowest BCUT2D eigenvalue weighted by Gasteiger charge is -1.96. The highest BCUT2D eigenvalue weighted by Gasteiger charge is 2.03. The van der Waals surface area contributed by atoms with Crippen LogP contribution >= 0.6 is 0 Å². The third-order valence-corrected chi connectivity index (χ3v) is 2.17. The maximum Gasteiger partial charge on any atom is 0.165 e. The fourth-order valence-electron chi connectivity index (χ4n) is 0.682. The second-order valence-electron chi connectivity index (χ2n) is 2.54. The summed E-state index contributed by atoms with van der Waals surface area (Å²) in [6.45, 7) is 0.295. The van der Waals surface area contributed by atoms with Crippen LogP contribution in [0, 0.1) is 0 Å². The fraction of sp³-hybridized carbons (Fsp3) is 0.600. The molecular formula is C5H10N4O2S. The molecule has 6 nitrogen and oxygen atoms in total. The van der Waals surface area contributed by atoms with Gasteiger partial charge in [-0.15, -0.1) is 5.10 Å². The van der Waals surface area contributed by atoms with Crippen molar-refractivity contribution in [3.05, 3.63) is 6.20 Å². The molecule has 1 aromatic heterocycles. The molecule has 0 amide bonds. The summed E-state index contributed by atoms with van der Waals surface area (Å²) in [6, 6.07) is 0. The Bertz CT molecular complexity index is 355. The summed E-state index contributed by atoms with van der Waals surface area (Å²) in [4.78, 5) is 0. The van der Waals surface area contributed by atoms with Crippen LogP contribution in [0.3, 0.4) is 0 Å². The average molecular weight is 190 g/mol. The number of nitrogen functional groups attached to an aromatic ring is 1. The highest BCUT2D eigenvalue weighted by atomic mass is 32.2. The van der Waals surface area contributed by atoms with Gasteiger partial charge in [-0.2, -0.15) is 0 Å². The van der Waals surface area contributed by atoms with E-state index in [2.05, 4.69) is 10.3 Å². The largest absolute Gasteiger partial charge is 0.381 e. The van der Waals surface area contributed by atoms with E-state index in [1.165, 1.54) is 17.1 Å². The van der Waals surface area contributed by atoms with Crippen LogP contribution in [-0.4, -0.2) is 35.4 Å². The third-order valence-electron chi connectivity index (χ3n) is 1.25. The van der Waals surface area contributed by atoms with Crippen molar-refractivity contribution in [1.82, 2.24) is 15.0 Å². The van der Waals surface area contributed by atoms with Crippen LogP contribution < -0.4 is 5.73 Å². The number of nitrogens with two attached hydrogens (primary N) is 1. The molecule has 0 aliphatic rings. The SMILES string of the molecule is CS(=O)(=O)CCn1cc(N)nn1. The predicted molar refractivity (Wildman–Crippen MR) is 44.1 cm³/mol. The molecule has 0 radical (unpaired) electrons. The molecule has 1 aromatic rings. The molecule has 0 aliphatic carbocycles. The molecule has 0 saturated carbocycles. The van der Waals surface area contributed by atoms with Gasteiger partial charge in [0.1, 0.15) is 9.84 Å². The molecule has 0 spiro atoms. The van der Waals surface area contributed by atoms with Gasteiger partial charge < -0.3 is 5.73 Å². The van der Waals surface area contributed by atoms with Crippen molar-refractivity contribution in [1.29, 1.82) is 0 Å². The zero-order valence-electron chi connectivity index (χ0n) is 6.64. The lowest BCUT2D eigenvalue weighted by Crippen LogP contribution is -2.11. The molecule has 0 unspecified atom stereocenters. The first-order valence-electron chi connectivity index (χ1n) is 3.31. The number of hydrogen-bond acceptors (Lipinski definition) is 5. The molecule has 1 heterocycles. The van der Waals surface area contributed by atoms with Gasteiger partial charge in [-0.1, -0.05) is 5.21 Å². The van der Waals surface area contributed by atoms with Crippen molar-refractivity contribution in [2.45, 2.75) is 6.54 Å². The molecule has 0 saturated heterocycles. The van der Waals surface area contributed by atoms with Crippen LogP contribution in [0.15, 0.2) is 6.20 Å². The molecule has 0 aromatic carbocycles. The monoisotopic (exact) mass is 190 g/mol. The van der Waals surface area contributed by atoms with E-state index in [4.69, 9.17) is 5.73 Å². The molecule has 2 N–H and O–H groups in total. The van der Waals surface area contributed by atoms with Gasteiger partial charge in [-0.05, 0) is 0 Å². The Hall–Kier alpha value is -1.11. The van der Waals surface area contributed by atoms with Crippen LogP contribution in [0.2, 0.25) is 0 Å². The summed E-state index contributed by atoms with van der Waals surface area (Å²) in [5.41, 5.74) is 5.27. The number of hydrogen-bond donors (Lipinski definition) is 1. The summed E-state index contributed by atoms with van der Waals surface area (Å²) in [5.74, 6) is 0.346.